The van der Waals surface area contributed by atoms with Gasteiger partial charge >= 0.3 is 139 Å². The molecule has 0 fully saturated rings. The van der Waals surface area contributed by atoms with Crippen LogP contribution in [0.3, 0.4) is 0 Å². The van der Waals surface area contributed by atoms with Gasteiger partial charge in [0.05, 0.1) is 0 Å². The second-order valence-corrected chi connectivity index (χ2v) is 7.29. The molecule has 23 heavy (non-hydrogen) atoms. The molecule has 2 aromatic rings. The molecule has 0 atom stereocenters. The molecule has 1 aliphatic carbocycles. The van der Waals surface area contributed by atoms with Gasteiger partial charge in [-0.15, -0.1) is 0 Å². The van der Waals surface area contributed by atoms with Crippen LogP contribution in [0.2, 0.25) is 5.02 Å². The Morgan fingerprint density at radius 1 is 1.22 bits per heavy atom. The number of hydrogen-bond acceptors (Lipinski definition) is 5. The predicted octanol–water partition coefficient (Wildman–Crippen LogP) is 2.87. The Bertz CT molecular complexity index is 1140. The molecule has 0 saturated heterocycles. The van der Waals surface area contributed by atoms with Crippen LogP contribution in [0.25, 0.3) is 30.8 Å². The molecule has 0 spiro atoms. The molecule has 1 aliphatic heterocycles. The van der Waals surface area contributed by atoms with Gasteiger partial charge in [-0.1, -0.05) is 0 Å². The standard InChI is InChI=1S/C15H6ClN3O3Se/c16-11-13(20)10-7(3-1-5-9(10)19(21)22)12-14(11)23-15-8(18-12)4-2-6-17-15/h1-6H. The average Bonchev–Trinajstić information content (AvgIpc) is 2.57. The van der Waals surface area contributed by atoms with Crippen LogP contribution in [0, 0.1) is 10.1 Å². The summed E-state index contributed by atoms with van der Waals surface area (Å²) in [6.45, 7) is 0. The molecule has 1 aromatic carbocycles. The molecule has 0 amide bonds. The van der Waals surface area contributed by atoms with Gasteiger partial charge in [0.2, 0.25) is 0 Å². The Morgan fingerprint density at radius 3 is 2.83 bits per heavy atom. The molecular formula is C15H6ClN3O3Se. The molecule has 2 heterocycles. The monoisotopic (exact) mass is 391 g/mol. The van der Waals surface area contributed by atoms with E-state index in [-0.39, 0.29) is 30.6 Å². The Balaban J connectivity index is 2.31. The SMILES string of the molecule is O=c1c(Cl)c2[se]c3ncccc3nc-2c2cccc([N+](=O)[O-])c12. The topological polar surface area (TPSA) is 86.0 Å². The predicted molar refractivity (Wildman–Crippen MR) is 88.5 cm³/mol. The number of rotatable bonds is 1. The summed E-state index contributed by atoms with van der Waals surface area (Å²) in [6, 6.07) is 8.12. The first kappa shape index (κ1) is 14.3. The van der Waals surface area contributed by atoms with Crippen LogP contribution in [-0.4, -0.2) is 29.4 Å². The van der Waals surface area contributed by atoms with Crippen molar-refractivity contribution in [3.63, 3.8) is 0 Å². The zero-order valence-electron chi connectivity index (χ0n) is 11.3. The molecule has 2 aliphatic rings. The number of nitrogens with zero attached hydrogens (tertiary/aromatic N) is 3. The average molecular weight is 391 g/mol. The van der Waals surface area contributed by atoms with Gasteiger partial charge in [0.15, 0.2) is 0 Å². The van der Waals surface area contributed by atoms with E-state index in [2.05, 4.69) is 9.97 Å². The summed E-state index contributed by atoms with van der Waals surface area (Å²) >= 11 is 5.95. The van der Waals surface area contributed by atoms with Crippen molar-refractivity contribution >= 4 is 52.5 Å². The maximum absolute atomic E-state index is 12.5. The summed E-state index contributed by atoms with van der Waals surface area (Å²) in [7, 11) is 0. The molecule has 0 N–H and O–H groups in total. The van der Waals surface area contributed by atoms with Gasteiger partial charge in [0, 0.05) is 0 Å². The fraction of sp³-hybridized carbons (Fsp3) is 0. The van der Waals surface area contributed by atoms with Crippen LogP contribution in [0.15, 0.2) is 41.3 Å². The minimum absolute atomic E-state index is 0.00172. The van der Waals surface area contributed by atoms with Gasteiger partial charge in [-0.2, -0.15) is 0 Å². The molecule has 0 saturated carbocycles. The Morgan fingerprint density at radius 2 is 2.04 bits per heavy atom. The van der Waals surface area contributed by atoms with Crippen molar-refractivity contribution in [2.75, 3.05) is 0 Å². The van der Waals surface area contributed by atoms with Crippen LogP contribution < -0.4 is 5.43 Å². The third-order valence-corrected chi connectivity index (χ3v) is 6.46. The summed E-state index contributed by atoms with van der Waals surface area (Å²) in [4.78, 5) is 32.0. The molecule has 4 rings (SSSR count). The molecule has 0 radical (unpaired) electrons. The molecule has 8 heteroatoms. The Hall–Kier alpha value is -2.34. The van der Waals surface area contributed by atoms with Gasteiger partial charge < -0.3 is 0 Å². The number of fused-ring (bicyclic) bond motifs is 4. The zero-order chi connectivity index (χ0) is 16.1. The second-order valence-electron chi connectivity index (χ2n) is 4.82. The van der Waals surface area contributed by atoms with Crippen molar-refractivity contribution < 1.29 is 4.92 Å². The van der Waals surface area contributed by atoms with Gasteiger partial charge in [0.1, 0.15) is 0 Å². The third-order valence-electron chi connectivity index (χ3n) is 3.52. The van der Waals surface area contributed by atoms with Crippen molar-refractivity contribution in [2.45, 2.75) is 0 Å². The van der Waals surface area contributed by atoms with Gasteiger partial charge in [-0.25, -0.2) is 0 Å². The third kappa shape index (κ3) is 2.05. The van der Waals surface area contributed by atoms with E-state index < -0.39 is 10.4 Å². The first-order valence-corrected chi connectivity index (χ1v) is 8.61. The van der Waals surface area contributed by atoms with Crippen molar-refractivity contribution in [1.29, 1.82) is 0 Å². The molecule has 112 valence electrons. The summed E-state index contributed by atoms with van der Waals surface area (Å²) in [5, 5.41) is 11.7. The first-order valence-electron chi connectivity index (χ1n) is 6.52. The van der Waals surface area contributed by atoms with E-state index in [1.165, 1.54) is 6.07 Å². The second kappa shape index (κ2) is 5.09. The normalized spacial score (nSPS) is 11.3. The zero-order valence-corrected chi connectivity index (χ0v) is 13.8. The van der Waals surface area contributed by atoms with Gasteiger partial charge in [0.25, 0.3) is 0 Å². The van der Waals surface area contributed by atoms with Crippen LogP contribution in [0.5, 0.6) is 0 Å². The fourth-order valence-electron chi connectivity index (χ4n) is 2.53. The van der Waals surface area contributed by atoms with Crippen LogP contribution in [0.4, 0.5) is 5.69 Å². The number of non-ortho nitro benzene ring substituents is 1. The fourth-order valence-corrected chi connectivity index (χ4v) is 4.93. The van der Waals surface area contributed by atoms with E-state index in [4.69, 9.17) is 11.6 Å². The van der Waals surface area contributed by atoms with Crippen molar-refractivity contribution in [1.82, 2.24) is 9.97 Å². The summed E-state index contributed by atoms with van der Waals surface area (Å²) in [6.07, 6.45) is 1.67. The maximum atomic E-state index is 12.5. The van der Waals surface area contributed by atoms with Gasteiger partial charge in [-0.05, 0) is 0 Å². The van der Waals surface area contributed by atoms with E-state index in [0.29, 0.717) is 21.0 Å². The van der Waals surface area contributed by atoms with Crippen molar-refractivity contribution in [3.8, 4) is 10.1 Å². The van der Waals surface area contributed by atoms with E-state index in [0.717, 1.165) is 4.39 Å². The van der Waals surface area contributed by atoms with Crippen LogP contribution in [-0.2, 0) is 0 Å². The van der Waals surface area contributed by atoms with E-state index in [9.17, 15) is 14.9 Å². The number of hydrogen-bond donors (Lipinski definition) is 0. The minimum atomic E-state index is -0.573. The summed E-state index contributed by atoms with van der Waals surface area (Å²) in [5.74, 6) is 0. The van der Waals surface area contributed by atoms with E-state index >= 15 is 0 Å². The van der Waals surface area contributed by atoms with Gasteiger partial charge in [-0.3, -0.25) is 0 Å². The molecule has 0 bridgehead atoms. The molecule has 0 unspecified atom stereocenters. The quantitative estimate of drug-likeness (QED) is 0.164. The first-order chi connectivity index (χ1) is 11.1. The number of pyridine rings is 1. The van der Waals surface area contributed by atoms with Crippen LogP contribution >= 0.6 is 11.6 Å². The van der Waals surface area contributed by atoms with Crippen LogP contribution in [0.1, 0.15) is 0 Å². The van der Waals surface area contributed by atoms with E-state index in [1.54, 1.807) is 24.4 Å². The summed E-state index contributed by atoms with van der Waals surface area (Å²) < 4.78 is 1.42. The van der Waals surface area contributed by atoms with E-state index in [1.807, 2.05) is 6.07 Å². The number of nitro benzene ring substituents is 1. The number of nitro groups is 1. The molecule has 1 aromatic heterocycles. The Kier molecular flexibility index (Phi) is 3.16. The molecule has 6 nitrogen and oxygen atoms in total. The number of halogens is 1. The van der Waals surface area contributed by atoms with Crippen molar-refractivity contribution in [2.24, 2.45) is 0 Å². The van der Waals surface area contributed by atoms with Crippen molar-refractivity contribution in [3.05, 3.63) is 61.9 Å². The number of aromatic nitrogens is 2. The number of benzene rings is 2. The summed E-state index contributed by atoms with van der Waals surface area (Å²) in [5.41, 5.74) is 0.470. The molecular weight excluding hydrogens is 385 g/mol. The Labute approximate surface area is 139 Å².